The number of hydrogen-bond donors (Lipinski definition) is 3. The van der Waals surface area contributed by atoms with Crippen molar-refractivity contribution in [3.05, 3.63) is 0 Å². The van der Waals surface area contributed by atoms with Gasteiger partial charge in [-0.25, -0.2) is 0 Å². The van der Waals surface area contributed by atoms with Gasteiger partial charge in [0.25, 0.3) is 0 Å². The van der Waals surface area contributed by atoms with Crippen molar-refractivity contribution in [3.63, 3.8) is 0 Å². The van der Waals surface area contributed by atoms with Crippen LogP contribution >= 0.6 is 0 Å². The molecule has 4 N–H and O–H groups in total. The van der Waals surface area contributed by atoms with Gasteiger partial charge in [-0.05, 0) is 19.3 Å². The number of carbonyl (C=O) groups excluding carboxylic acids is 2. The van der Waals surface area contributed by atoms with Crippen LogP contribution in [0.5, 0.6) is 0 Å². The molecule has 1 aliphatic rings. The zero-order valence-corrected chi connectivity index (χ0v) is 9.32. The third-order valence-corrected chi connectivity index (χ3v) is 2.72. The van der Waals surface area contributed by atoms with Gasteiger partial charge in [0.2, 0.25) is 0 Å². The molecule has 92 valence electrons. The molecule has 6 nitrogen and oxygen atoms in total. The van der Waals surface area contributed by atoms with Crippen LogP contribution in [0.4, 0.5) is 0 Å². The highest BCUT2D eigenvalue weighted by molar-refractivity contribution is 6.35. The molecule has 1 aliphatic heterocycles. The van der Waals surface area contributed by atoms with E-state index in [4.69, 9.17) is 10.8 Å². The maximum Gasteiger partial charge on any atom is 0.312 e. The van der Waals surface area contributed by atoms with Crippen molar-refractivity contribution in [2.75, 3.05) is 26.2 Å². The summed E-state index contributed by atoms with van der Waals surface area (Å²) in [6, 6.07) is -0.218. The number of rotatable bonds is 3. The number of aliphatic hydroxyl groups is 1. The van der Waals surface area contributed by atoms with Crippen LogP contribution in [-0.4, -0.2) is 54.1 Å². The number of carbonyl (C=O) groups is 2. The molecule has 0 spiro atoms. The van der Waals surface area contributed by atoms with Gasteiger partial charge in [0.15, 0.2) is 0 Å². The first-order valence-corrected chi connectivity index (χ1v) is 5.60. The predicted octanol–water partition coefficient (Wildman–Crippen LogP) is -1.57. The van der Waals surface area contributed by atoms with Crippen molar-refractivity contribution in [1.29, 1.82) is 0 Å². The summed E-state index contributed by atoms with van der Waals surface area (Å²) in [5.41, 5.74) is 5.23. The first kappa shape index (κ1) is 12.9. The van der Waals surface area contributed by atoms with Gasteiger partial charge in [-0.3, -0.25) is 9.59 Å². The van der Waals surface area contributed by atoms with Gasteiger partial charge < -0.3 is 21.1 Å². The van der Waals surface area contributed by atoms with Crippen LogP contribution < -0.4 is 11.1 Å². The molecule has 0 aromatic carbocycles. The summed E-state index contributed by atoms with van der Waals surface area (Å²) >= 11 is 0. The minimum Gasteiger partial charge on any atom is -0.394 e. The molecule has 1 atom stereocenters. The van der Waals surface area contributed by atoms with E-state index < -0.39 is 11.8 Å². The van der Waals surface area contributed by atoms with Crippen LogP contribution in [0.2, 0.25) is 0 Å². The Morgan fingerprint density at radius 1 is 1.44 bits per heavy atom. The average Bonchev–Trinajstić information content (AvgIpc) is 2.34. The highest BCUT2D eigenvalue weighted by atomic mass is 16.3. The molecule has 0 radical (unpaired) electrons. The molecule has 1 heterocycles. The largest absolute Gasteiger partial charge is 0.394 e. The highest BCUT2D eigenvalue weighted by Gasteiger charge is 2.29. The van der Waals surface area contributed by atoms with E-state index in [1.54, 1.807) is 0 Å². The number of amides is 2. The molecule has 16 heavy (non-hydrogen) atoms. The lowest BCUT2D eigenvalue weighted by Crippen LogP contribution is -2.51. The maximum absolute atomic E-state index is 11.7. The second-order valence-electron chi connectivity index (χ2n) is 3.88. The van der Waals surface area contributed by atoms with Gasteiger partial charge in [0.1, 0.15) is 0 Å². The minimum atomic E-state index is -0.634. The first-order chi connectivity index (χ1) is 7.70. The lowest BCUT2D eigenvalue weighted by molar-refractivity contribution is -0.148. The van der Waals surface area contributed by atoms with Crippen LogP contribution in [0.25, 0.3) is 0 Å². The van der Waals surface area contributed by atoms with E-state index in [0.29, 0.717) is 19.6 Å². The van der Waals surface area contributed by atoms with Crippen LogP contribution in [0.15, 0.2) is 0 Å². The Kier molecular flexibility index (Phi) is 5.21. The first-order valence-electron chi connectivity index (χ1n) is 5.60. The van der Waals surface area contributed by atoms with Crippen LogP contribution in [-0.2, 0) is 9.59 Å². The molecule has 0 saturated carbocycles. The molecule has 1 saturated heterocycles. The monoisotopic (exact) mass is 229 g/mol. The van der Waals surface area contributed by atoms with E-state index in [9.17, 15) is 9.59 Å². The molecule has 1 rings (SSSR count). The minimum absolute atomic E-state index is 0.0874. The van der Waals surface area contributed by atoms with E-state index >= 15 is 0 Å². The summed E-state index contributed by atoms with van der Waals surface area (Å²) < 4.78 is 0. The topological polar surface area (TPSA) is 95.7 Å². The molecule has 1 fully saturated rings. The fraction of sp³-hybridized carbons (Fsp3) is 0.800. The maximum atomic E-state index is 11.7. The Bertz CT molecular complexity index is 258. The van der Waals surface area contributed by atoms with Crippen molar-refractivity contribution in [3.8, 4) is 0 Å². The molecular formula is C10H19N3O3. The summed E-state index contributed by atoms with van der Waals surface area (Å²) in [7, 11) is 0. The van der Waals surface area contributed by atoms with Crippen molar-refractivity contribution < 1.29 is 14.7 Å². The van der Waals surface area contributed by atoms with Gasteiger partial charge in [-0.2, -0.15) is 0 Å². The highest BCUT2D eigenvalue weighted by Crippen LogP contribution is 2.16. The van der Waals surface area contributed by atoms with Crippen LogP contribution in [0.3, 0.4) is 0 Å². The molecule has 0 bridgehead atoms. The molecule has 1 unspecified atom stereocenters. The lowest BCUT2D eigenvalue weighted by atomic mass is 10.0. The molecule has 0 aliphatic carbocycles. The standard InChI is InChI=1S/C10H19N3O3/c11-4-5-12-9(15)10(16)13-6-2-1-3-8(13)7-14/h8,14H,1-7,11H2,(H,12,15). The number of nitrogens with two attached hydrogens (primary N) is 1. The second kappa shape index (κ2) is 6.44. The predicted molar refractivity (Wildman–Crippen MR) is 58.5 cm³/mol. The Morgan fingerprint density at radius 2 is 2.19 bits per heavy atom. The number of piperidine rings is 1. The smallest absolute Gasteiger partial charge is 0.312 e. The van der Waals surface area contributed by atoms with Gasteiger partial charge in [-0.15, -0.1) is 0 Å². The average molecular weight is 229 g/mol. The van der Waals surface area contributed by atoms with Crippen molar-refractivity contribution >= 4 is 11.8 Å². The number of nitrogens with one attached hydrogen (secondary N) is 1. The molecular weight excluding hydrogens is 210 g/mol. The van der Waals surface area contributed by atoms with Gasteiger partial charge in [-0.1, -0.05) is 0 Å². The third-order valence-electron chi connectivity index (χ3n) is 2.72. The summed E-state index contributed by atoms with van der Waals surface area (Å²) in [6.45, 7) is 1.06. The van der Waals surface area contributed by atoms with E-state index in [2.05, 4.69) is 5.32 Å². The van der Waals surface area contributed by atoms with Crippen molar-refractivity contribution in [2.45, 2.75) is 25.3 Å². The number of nitrogens with zero attached hydrogens (tertiary/aromatic N) is 1. The van der Waals surface area contributed by atoms with E-state index in [1.807, 2.05) is 0 Å². The summed E-state index contributed by atoms with van der Waals surface area (Å²) in [5, 5.41) is 11.6. The zero-order chi connectivity index (χ0) is 12.0. The summed E-state index contributed by atoms with van der Waals surface area (Å²) in [4.78, 5) is 24.6. The Hall–Kier alpha value is -1.14. The van der Waals surface area contributed by atoms with Crippen LogP contribution in [0, 0.1) is 0 Å². The molecule has 0 aromatic heterocycles. The Labute approximate surface area is 94.8 Å². The van der Waals surface area contributed by atoms with E-state index in [-0.39, 0.29) is 12.6 Å². The van der Waals surface area contributed by atoms with Crippen molar-refractivity contribution in [1.82, 2.24) is 10.2 Å². The number of likely N-dealkylation sites (tertiary alicyclic amines) is 1. The third kappa shape index (κ3) is 3.18. The Morgan fingerprint density at radius 3 is 2.81 bits per heavy atom. The second-order valence-corrected chi connectivity index (χ2v) is 3.88. The van der Waals surface area contributed by atoms with E-state index in [0.717, 1.165) is 19.3 Å². The van der Waals surface area contributed by atoms with Crippen LogP contribution in [0.1, 0.15) is 19.3 Å². The summed E-state index contributed by atoms with van der Waals surface area (Å²) in [5.74, 6) is -1.20. The fourth-order valence-electron chi connectivity index (χ4n) is 1.85. The zero-order valence-electron chi connectivity index (χ0n) is 9.32. The molecule has 6 heteroatoms. The Balaban J connectivity index is 2.53. The lowest BCUT2D eigenvalue weighted by Gasteiger charge is -2.33. The van der Waals surface area contributed by atoms with Gasteiger partial charge >= 0.3 is 11.8 Å². The van der Waals surface area contributed by atoms with E-state index in [1.165, 1.54) is 4.90 Å². The summed E-state index contributed by atoms with van der Waals surface area (Å²) in [6.07, 6.45) is 2.62. The molecule has 0 aromatic rings. The van der Waals surface area contributed by atoms with Gasteiger partial charge in [0, 0.05) is 19.6 Å². The van der Waals surface area contributed by atoms with Gasteiger partial charge in [0.05, 0.1) is 12.6 Å². The number of hydrogen-bond acceptors (Lipinski definition) is 4. The normalized spacial score (nSPS) is 20.6. The number of aliphatic hydroxyl groups excluding tert-OH is 1. The fourth-order valence-corrected chi connectivity index (χ4v) is 1.85. The SMILES string of the molecule is NCCNC(=O)C(=O)N1CCCCC1CO. The van der Waals surface area contributed by atoms with Crippen molar-refractivity contribution in [2.24, 2.45) is 5.73 Å². The molecule has 2 amide bonds. The quantitative estimate of drug-likeness (QED) is 0.510.